The molecule has 0 bridgehead atoms. The third kappa shape index (κ3) is 3.88. The van der Waals surface area contributed by atoms with Gasteiger partial charge in [-0.15, -0.1) is 4.21 Å². The normalized spacial score (nSPS) is 21.6. The van der Waals surface area contributed by atoms with Gasteiger partial charge in [-0.25, -0.2) is 9.97 Å². The Morgan fingerprint density at radius 1 is 1.27 bits per heavy atom. The van der Waals surface area contributed by atoms with Gasteiger partial charge in [0.15, 0.2) is 11.6 Å². The highest BCUT2D eigenvalue weighted by atomic mass is 32.2. The lowest BCUT2D eigenvalue weighted by atomic mass is 10.2. The summed E-state index contributed by atoms with van der Waals surface area (Å²) in [6.45, 7) is 4.31. The molecule has 1 aromatic heterocycles. The summed E-state index contributed by atoms with van der Waals surface area (Å²) >= 11 is 0. The van der Waals surface area contributed by atoms with E-state index in [0.717, 1.165) is 36.5 Å². The second kappa shape index (κ2) is 7.32. The van der Waals surface area contributed by atoms with E-state index < -0.39 is 10.8 Å². The van der Waals surface area contributed by atoms with Crippen LogP contribution in [0.25, 0.3) is 11.4 Å². The van der Waals surface area contributed by atoms with Gasteiger partial charge in [0.05, 0.1) is 35.7 Å². The van der Waals surface area contributed by atoms with Crippen molar-refractivity contribution in [1.29, 1.82) is 0 Å². The van der Waals surface area contributed by atoms with Crippen molar-refractivity contribution < 1.29 is 8.95 Å². The predicted octanol–water partition coefficient (Wildman–Crippen LogP) is 2.31. The van der Waals surface area contributed by atoms with E-state index >= 15 is 0 Å². The van der Waals surface area contributed by atoms with Crippen molar-refractivity contribution in [3.8, 4) is 11.4 Å². The Labute approximate surface area is 156 Å². The van der Waals surface area contributed by atoms with Crippen LogP contribution in [0.5, 0.6) is 0 Å². The molecule has 2 unspecified atom stereocenters. The van der Waals surface area contributed by atoms with E-state index in [4.69, 9.17) is 20.4 Å². The van der Waals surface area contributed by atoms with Crippen LogP contribution >= 0.6 is 0 Å². The molecule has 1 saturated heterocycles. The quantitative estimate of drug-likeness (QED) is 0.492. The second-order valence-electron chi connectivity index (χ2n) is 7.09. The van der Waals surface area contributed by atoms with Gasteiger partial charge in [-0.2, -0.15) is 0 Å². The molecule has 2 aliphatic rings. The van der Waals surface area contributed by atoms with Crippen LogP contribution in [-0.4, -0.2) is 41.0 Å². The fourth-order valence-corrected chi connectivity index (χ4v) is 4.66. The Morgan fingerprint density at radius 2 is 2.04 bits per heavy atom. The van der Waals surface area contributed by atoms with Crippen molar-refractivity contribution in [2.24, 2.45) is 0 Å². The lowest BCUT2D eigenvalue weighted by Gasteiger charge is -2.34. The van der Waals surface area contributed by atoms with Crippen molar-refractivity contribution in [3.63, 3.8) is 0 Å². The third-order valence-corrected chi connectivity index (χ3v) is 6.84. The van der Waals surface area contributed by atoms with Crippen molar-refractivity contribution >= 4 is 22.3 Å². The topological polar surface area (TPSA) is 81.3 Å². The lowest BCUT2D eigenvalue weighted by molar-refractivity contribution is 0.0985. The van der Waals surface area contributed by atoms with Gasteiger partial charge < -0.3 is 15.4 Å². The number of benzene rings is 1. The zero-order chi connectivity index (χ0) is 18.1. The molecule has 26 heavy (non-hydrogen) atoms. The van der Waals surface area contributed by atoms with Gasteiger partial charge in [0, 0.05) is 23.9 Å². The summed E-state index contributed by atoms with van der Waals surface area (Å²) in [5, 5.41) is 0.380. The largest absolute Gasteiger partial charge is 0.399 e. The summed E-state index contributed by atoms with van der Waals surface area (Å²) in [5.74, 6) is 2.07. The van der Waals surface area contributed by atoms with Gasteiger partial charge in [0.25, 0.3) is 0 Å². The SMILES string of the molecule is CC1COCCN1c1cc(C[SH+](=O)C2CC2)nc(-c2ccc(N)cc2)n1. The van der Waals surface area contributed by atoms with E-state index in [-0.39, 0.29) is 6.04 Å². The average Bonchev–Trinajstić information content (AvgIpc) is 3.48. The number of aromatic nitrogens is 2. The van der Waals surface area contributed by atoms with Crippen LogP contribution < -0.4 is 10.6 Å². The maximum absolute atomic E-state index is 12.5. The van der Waals surface area contributed by atoms with Crippen LogP contribution in [0.1, 0.15) is 25.5 Å². The second-order valence-corrected chi connectivity index (χ2v) is 8.97. The Kier molecular flexibility index (Phi) is 4.91. The highest BCUT2D eigenvalue weighted by Gasteiger charge is 2.34. The maximum Gasteiger partial charge on any atom is 0.161 e. The number of nitrogens with zero attached hydrogens (tertiary/aromatic N) is 3. The highest BCUT2D eigenvalue weighted by Crippen LogP contribution is 2.29. The average molecular weight is 374 g/mol. The number of nitrogens with two attached hydrogens (primary N) is 1. The van der Waals surface area contributed by atoms with Crippen LogP contribution in [0, 0.1) is 0 Å². The molecule has 0 radical (unpaired) electrons. The van der Waals surface area contributed by atoms with Gasteiger partial charge in [0.1, 0.15) is 11.1 Å². The number of hydrogen-bond acceptors (Lipinski definition) is 6. The van der Waals surface area contributed by atoms with Gasteiger partial charge >= 0.3 is 0 Å². The van der Waals surface area contributed by atoms with Gasteiger partial charge in [-0.05, 0) is 44.0 Å². The van der Waals surface area contributed by atoms with E-state index in [9.17, 15) is 4.21 Å². The number of morpholine rings is 1. The minimum Gasteiger partial charge on any atom is -0.399 e. The van der Waals surface area contributed by atoms with Crippen LogP contribution in [-0.2, 0) is 25.5 Å². The van der Waals surface area contributed by atoms with E-state index in [0.29, 0.717) is 35.7 Å². The summed E-state index contributed by atoms with van der Waals surface area (Å²) in [4.78, 5) is 11.8. The zero-order valence-corrected chi connectivity index (χ0v) is 15.9. The number of hydrogen-bond donors (Lipinski definition) is 1. The van der Waals surface area contributed by atoms with E-state index in [1.807, 2.05) is 30.3 Å². The number of nitrogen functional groups attached to an aromatic ring is 1. The summed E-state index contributed by atoms with van der Waals surface area (Å²) in [5.41, 5.74) is 8.29. The molecule has 0 spiro atoms. The Balaban J connectivity index is 1.70. The van der Waals surface area contributed by atoms with Gasteiger partial charge in [0.2, 0.25) is 0 Å². The minimum absolute atomic E-state index is 0.253. The number of ether oxygens (including phenoxy) is 1. The first kappa shape index (κ1) is 17.4. The molecular formula is C19H25N4O2S+. The van der Waals surface area contributed by atoms with E-state index in [2.05, 4.69) is 11.8 Å². The Bertz CT molecular complexity index is 808. The molecule has 2 atom stereocenters. The smallest absolute Gasteiger partial charge is 0.161 e. The third-order valence-electron chi connectivity index (χ3n) is 4.87. The fourth-order valence-electron chi connectivity index (χ4n) is 3.19. The van der Waals surface area contributed by atoms with E-state index in [1.165, 1.54) is 0 Å². The van der Waals surface area contributed by atoms with Crippen LogP contribution in [0.3, 0.4) is 0 Å². The monoisotopic (exact) mass is 373 g/mol. The van der Waals surface area contributed by atoms with Crippen LogP contribution in [0.15, 0.2) is 30.3 Å². The van der Waals surface area contributed by atoms with Crippen molar-refractivity contribution in [2.45, 2.75) is 36.8 Å². The van der Waals surface area contributed by atoms with Crippen molar-refractivity contribution in [3.05, 3.63) is 36.0 Å². The fraction of sp³-hybridized carbons (Fsp3) is 0.474. The molecule has 1 aliphatic carbocycles. The standard InChI is InChI=1S/C19H24N4O2S/c1-13-11-25-9-8-23(13)18-10-16(12-26(24)17-6-7-17)21-19(22-18)14-2-4-15(20)5-3-14/h2-5,10,13,17H,6-9,11-12,20H2,1H3/p+1. The predicted molar refractivity (Wildman–Crippen MR) is 106 cm³/mol. The molecule has 6 nitrogen and oxygen atoms in total. The molecule has 138 valence electrons. The number of anilines is 2. The van der Waals surface area contributed by atoms with Crippen molar-refractivity contribution in [1.82, 2.24) is 9.97 Å². The summed E-state index contributed by atoms with van der Waals surface area (Å²) in [6.07, 6.45) is 2.16. The molecule has 1 saturated carbocycles. The summed E-state index contributed by atoms with van der Waals surface area (Å²) in [7, 11) is -1.24. The Morgan fingerprint density at radius 3 is 2.73 bits per heavy atom. The maximum atomic E-state index is 12.5. The van der Waals surface area contributed by atoms with Crippen LogP contribution in [0.4, 0.5) is 11.5 Å². The van der Waals surface area contributed by atoms with E-state index in [1.54, 1.807) is 0 Å². The Hall–Kier alpha value is -1.99. The molecular weight excluding hydrogens is 348 g/mol. The number of thiol groups is 1. The minimum atomic E-state index is -1.24. The zero-order valence-electron chi connectivity index (χ0n) is 15.0. The lowest BCUT2D eigenvalue weighted by Crippen LogP contribution is -2.44. The van der Waals surface area contributed by atoms with Gasteiger partial charge in [-0.1, -0.05) is 0 Å². The van der Waals surface area contributed by atoms with Crippen molar-refractivity contribution in [2.75, 3.05) is 30.4 Å². The molecule has 1 aliphatic heterocycles. The molecule has 1 aromatic carbocycles. The molecule has 4 rings (SSSR count). The van der Waals surface area contributed by atoms with Crippen LogP contribution in [0.2, 0.25) is 0 Å². The van der Waals surface area contributed by atoms with Gasteiger partial charge in [-0.3, -0.25) is 0 Å². The number of rotatable bonds is 5. The first-order chi connectivity index (χ1) is 12.6. The molecule has 2 N–H and O–H groups in total. The highest BCUT2D eigenvalue weighted by molar-refractivity contribution is 7.85. The molecule has 2 aromatic rings. The first-order valence-electron chi connectivity index (χ1n) is 9.12. The molecule has 2 fully saturated rings. The molecule has 7 heteroatoms. The summed E-state index contributed by atoms with van der Waals surface area (Å²) < 4.78 is 18.0. The first-order valence-corrected chi connectivity index (χ1v) is 10.6. The summed E-state index contributed by atoms with van der Waals surface area (Å²) in [6, 6.07) is 9.82. The molecule has 0 amide bonds. The molecule has 2 heterocycles.